The Morgan fingerprint density at radius 3 is 2.77 bits per heavy atom. The molecule has 1 aromatic carbocycles. The number of ether oxygens (including phenoxy) is 2. The Hall–Kier alpha value is -1.10. The highest BCUT2D eigenvalue weighted by atomic mass is 35.5. The van der Waals surface area contributed by atoms with Crippen LogP contribution in [-0.4, -0.2) is 31.8 Å². The molecule has 2 rings (SSSR count). The van der Waals surface area contributed by atoms with Crippen molar-refractivity contribution in [1.29, 1.82) is 0 Å². The molecule has 1 saturated carbocycles. The standard InChI is InChI=1S/C17H24ClNO3.H2/c1-2-21-17(20)7-8-19-11-14-9-16(10-14)22-12-13-3-5-15(18)6-4-13;/h3-6,14,16,19H,2,7-12H2,1H3;1H. The van der Waals surface area contributed by atoms with Crippen LogP contribution in [0.1, 0.15) is 33.2 Å². The summed E-state index contributed by atoms with van der Waals surface area (Å²) in [5, 5.41) is 4.06. The van der Waals surface area contributed by atoms with E-state index in [9.17, 15) is 4.79 Å². The molecule has 5 heteroatoms. The molecule has 0 radical (unpaired) electrons. The average molecular weight is 328 g/mol. The molecule has 0 amide bonds. The van der Waals surface area contributed by atoms with Crippen LogP contribution < -0.4 is 5.32 Å². The van der Waals surface area contributed by atoms with Crippen LogP contribution >= 0.6 is 11.6 Å². The van der Waals surface area contributed by atoms with Crippen LogP contribution in [-0.2, 0) is 20.9 Å². The SMILES string of the molecule is CCOC(=O)CCNCC1CC(OCc2ccc(Cl)cc2)C1.[HH]. The predicted molar refractivity (Wildman–Crippen MR) is 89.0 cm³/mol. The fourth-order valence-electron chi connectivity index (χ4n) is 2.50. The number of halogens is 1. The first kappa shape index (κ1) is 17.3. The van der Waals surface area contributed by atoms with Gasteiger partial charge in [-0.3, -0.25) is 4.79 Å². The molecule has 0 atom stereocenters. The van der Waals surface area contributed by atoms with Gasteiger partial charge in [-0.2, -0.15) is 0 Å². The number of carbonyl (C=O) groups excluding carboxylic acids is 1. The van der Waals surface area contributed by atoms with Gasteiger partial charge in [-0.05, 0) is 49.9 Å². The zero-order valence-corrected chi connectivity index (χ0v) is 13.8. The second-order valence-corrected chi connectivity index (χ2v) is 6.09. The number of carbonyl (C=O) groups is 1. The zero-order valence-electron chi connectivity index (χ0n) is 13.0. The van der Waals surface area contributed by atoms with Crippen LogP contribution in [0.4, 0.5) is 0 Å². The first-order valence-electron chi connectivity index (χ1n) is 7.89. The van der Waals surface area contributed by atoms with E-state index in [4.69, 9.17) is 21.1 Å². The Kier molecular flexibility index (Phi) is 7.16. The second kappa shape index (κ2) is 9.13. The van der Waals surface area contributed by atoms with E-state index < -0.39 is 0 Å². The minimum absolute atomic E-state index is 0. The minimum atomic E-state index is -0.132. The van der Waals surface area contributed by atoms with E-state index in [2.05, 4.69) is 5.32 Å². The third-order valence-corrected chi connectivity index (χ3v) is 4.09. The minimum Gasteiger partial charge on any atom is -0.466 e. The normalized spacial score (nSPS) is 20.5. The molecule has 22 heavy (non-hydrogen) atoms. The summed E-state index contributed by atoms with van der Waals surface area (Å²) in [6, 6.07) is 7.76. The summed E-state index contributed by atoms with van der Waals surface area (Å²) < 4.78 is 10.7. The molecule has 0 saturated heterocycles. The molecule has 0 aromatic heterocycles. The van der Waals surface area contributed by atoms with Gasteiger partial charge < -0.3 is 14.8 Å². The van der Waals surface area contributed by atoms with Crippen LogP contribution in [0.3, 0.4) is 0 Å². The second-order valence-electron chi connectivity index (χ2n) is 5.66. The van der Waals surface area contributed by atoms with Gasteiger partial charge in [0.1, 0.15) is 0 Å². The lowest BCUT2D eigenvalue weighted by molar-refractivity contribution is -0.143. The van der Waals surface area contributed by atoms with Gasteiger partial charge in [0, 0.05) is 13.0 Å². The molecular formula is C17H26ClNO3. The Morgan fingerprint density at radius 1 is 1.36 bits per heavy atom. The number of benzene rings is 1. The van der Waals surface area contributed by atoms with E-state index in [1.54, 1.807) is 0 Å². The number of nitrogens with one attached hydrogen (secondary N) is 1. The van der Waals surface area contributed by atoms with Crippen molar-refractivity contribution in [3.8, 4) is 0 Å². The summed E-state index contributed by atoms with van der Waals surface area (Å²) in [4.78, 5) is 11.2. The lowest BCUT2D eigenvalue weighted by Crippen LogP contribution is -2.38. The molecule has 1 aliphatic rings. The number of hydrogen-bond acceptors (Lipinski definition) is 4. The van der Waals surface area contributed by atoms with E-state index >= 15 is 0 Å². The van der Waals surface area contributed by atoms with Crippen LogP contribution in [0.5, 0.6) is 0 Å². The molecular weight excluding hydrogens is 302 g/mol. The third kappa shape index (κ3) is 5.95. The smallest absolute Gasteiger partial charge is 0.307 e. The lowest BCUT2D eigenvalue weighted by atomic mass is 9.82. The summed E-state index contributed by atoms with van der Waals surface area (Å²) in [6.45, 7) is 4.55. The lowest BCUT2D eigenvalue weighted by Gasteiger charge is -2.35. The first-order chi connectivity index (χ1) is 10.7. The fraction of sp³-hybridized carbons (Fsp3) is 0.588. The molecule has 1 aromatic rings. The van der Waals surface area contributed by atoms with E-state index in [-0.39, 0.29) is 7.40 Å². The Balaban J connectivity index is 0.00000264. The van der Waals surface area contributed by atoms with E-state index in [0.717, 1.165) is 30.0 Å². The summed E-state index contributed by atoms with van der Waals surface area (Å²) in [6.07, 6.45) is 2.96. The van der Waals surface area contributed by atoms with Gasteiger partial charge in [0.25, 0.3) is 0 Å². The number of esters is 1. The zero-order chi connectivity index (χ0) is 15.8. The monoisotopic (exact) mass is 327 g/mol. The molecule has 1 aliphatic carbocycles. The quantitative estimate of drug-likeness (QED) is 0.557. The Bertz CT molecular complexity index is 463. The van der Waals surface area contributed by atoms with Crippen molar-refractivity contribution in [2.24, 2.45) is 5.92 Å². The van der Waals surface area contributed by atoms with E-state index in [1.807, 2.05) is 31.2 Å². The Morgan fingerprint density at radius 2 is 2.09 bits per heavy atom. The third-order valence-electron chi connectivity index (χ3n) is 3.84. The van der Waals surface area contributed by atoms with Gasteiger partial charge in [0.05, 0.1) is 25.7 Å². The van der Waals surface area contributed by atoms with Gasteiger partial charge in [0.15, 0.2) is 0 Å². The van der Waals surface area contributed by atoms with Crippen molar-refractivity contribution in [3.63, 3.8) is 0 Å². The molecule has 0 aliphatic heterocycles. The maximum atomic E-state index is 11.2. The van der Waals surface area contributed by atoms with Crippen LogP contribution in [0.25, 0.3) is 0 Å². The van der Waals surface area contributed by atoms with Crippen molar-refractivity contribution >= 4 is 17.6 Å². The highest BCUT2D eigenvalue weighted by molar-refractivity contribution is 6.30. The van der Waals surface area contributed by atoms with Crippen molar-refractivity contribution in [2.45, 2.75) is 38.9 Å². The van der Waals surface area contributed by atoms with E-state index in [1.165, 1.54) is 0 Å². The fourth-order valence-corrected chi connectivity index (χ4v) is 2.63. The molecule has 0 unspecified atom stereocenters. The molecule has 124 valence electrons. The molecule has 0 bridgehead atoms. The predicted octanol–water partition coefficient (Wildman–Crippen LogP) is 3.42. The average Bonchev–Trinajstić information content (AvgIpc) is 2.46. The maximum absolute atomic E-state index is 11.2. The summed E-state index contributed by atoms with van der Waals surface area (Å²) in [7, 11) is 0. The topological polar surface area (TPSA) is 47.6 Å². The highest BCUT2D eigenvalue weighted by Gasteiger charge is 2.29. The van der Waals surface area contributed by atoms with Crippen molar-refractivity contribution < 1.29 is 15.7 Å². The van der Waals surface area contributed by atoms with Crippen LogP contribution in [0, 0.1) is 5.92 Å². The van der Waals surface area contributed by atoms with Crippen molar-refractivity contribution in [3.05, 3.63) is 34.9 Å². The van der Waals surface area contributed by atoms with Gasteiger partial charge in [0.2, 0.25) is 0 Å². The van der Waals surface area contributed by atoms with Gasteiger partial charge in [-0.15, -0.1) is 0 Å². The maximum Gasteiger partial charge on any atom is 0.307 e. The van der Waals surface area contributed by atoms with Gasteiger partial charge >= 0.3 is 5.97 Å². The van der Waals surface area contributed by atoms with Gasteiger partial charge in [-0.25, -0.2) is 0 Å². The first-order valence-corrected chi connectivity index (χ1v) is 8.27. The summed E-state index contributed by atoms with van der Waals surface area (Å²) in [5.74, 6) is 0.519. The molecule has 0 heterocycles. The number of rotatable bonds is 9. The van der Waals surface area contributed by atoms with Crippen LogP contribution in [0.2, 0.25) is 5.02 Å². The molecule has 0 spiro atoms. The van der Waals surface area contributed by atoms with Crippen LogP contribution in [0.15, 0.2) is 24.3 Å². The molecule has 4 nitrogen and oxygen atoms in total. The molecule has 1 N–H and O–H groups in total. The highest BCUT2D eigenvalue weighted by Crippen LogP contribution is 2.30. The summed E-state index contributed by atoms with van der Waals surface area (Å²) >= 11 is 5.85. The molecule has 1 fully saturated rings. The summed E-state index contributed by atoms with van der Waals surface area (Å²) in [5.41, 5.74) is 1.15. The van der Waals surface area contributed by atoms with E-state index in [0.29, 0.717) is 38.2 Å². The van der Waals surface area contributed by atoms with Crippen molar-refractivity contribution in [1.82, 2.24) is 5.32 Å². The number of hydrogen-bond donors (Lipinski definition) is 1. The van der Waals surface area contributed by atoms with Gasteiger partial charge in [-0.1, -0.05) is 23.7 Å². The Labute approximate surface area is 138 Å². The van der Waals surface area contributed by atoms with Crippen molar-refractivity contribution in [2.75, 3.05) is 19.7 Å². The largest absolute Gasteiger partial charge is 0.466 e.